The maximum atomic E-state index is 7.70. The highest BCUT2D eigenvalue weighted by atomic mass is 16.5. The van der Waals surface area contributed by atoms with E-state index < -0.39 is 0 Å². The summed E-state index contributed by atoms with van der Waals surface area (Å²) in [4.78, 5) is 0. The van der Waals surface area contributed by atoms with Gasteiger partial charge in [-0.25, -0.2) is 0 Å². The van der Waals surface area contributed by atoms with Crippen molar-refractivity contribution < 1.29 is 4.74 Å². The van der Waals surface area contributed by atoms with Crippen molar-refractivity contribution in [3.63, 3.8) is 0 Å². The summed E-state index contributed by atoms with van der Waals surface area (Å²) >= 11 is 0. The Morgan fingerprint density at radius 3 is 1.12 bits per heavy atom. The van der Waals surface area contributed by atoms with Crippen LogP contribution in [0.5, 0.6) is 0 Å². The Morgan fingerprint density at radius 2 is 0.788 bits per heavy atom. The van der Waals surface area contributed by atoms with E-state index >= 15 is 0 Å². The van der Waals surface area contributed by atoms with E-state index in [1.54, 1.807) is 0 Å². The SMILES string of the molecule is CCCCCC(CCCC)(OC(CCCC)(CCCCC)c1ccccc1)c1ccccc1. The Labute approximate surface area is 205 Å². The lowest BCUT2D eigenvalue weighted by Crippen LogP contribution is -2.42. The molecule has 2 aromatic carbocycles. The van der Waals surface area contributed by atoms with Crippen molar-refractivity contribution in [3.8, 4) is 0 Å². The van der Waals surface area contributed by atoms with E-state index in [4.69, 9.17) is 4.74 Å². The highest BCUT2D eigenvalue weighted by molar-refractivity contribution is 5.27. The van der Waals surface area contributed by atoms with E-state index in [9.17, 15) is 0 Å². The lowest BCUT2D eigenvalue weighted by Gasteiger charge is -2.46. The van der Waals surface area contributed by atoms with Gasteiger partial charge in [-0.3, -0.25) is 0 Å². The maximum absolute atomic E-state index is 7.70. The first-order valence-corrected chi connectivity index (χ1v) is 14.0. The molecule has 0 amide bonds. The van der Waals surface area contributed by atoms with Gasteiger partial charge in [0.15, 0.2) is 0 Å². The number of rotatable bonds is 18. The predicted molar refractivity (Wildman–Crippen MR) is 145 cm³/mol. The molecule has 0 heterocycles. The second-order valence-electron chi connectivity index (χ2n) is 9.94. The molecule has 2 atom stereocenters. The minimum Gasteiger partial charge on any atom is -0.359 e. The van der Waals surface area contributed by atoms with Gasteiger partial charge in [0, 0.05) is 0 Å². The molecule has 0 aromatic heterocycles. The fourth-order valence-corrected chi connectivity index (χ4v) is 5.25. The Bertz CT molecular complexity index is 661. The van der Waals surface area contributed by atoms with Gasteiger partial charge in [0.2, 0.25) is 0 Å². The van der Waals surface area contributed by atoms with Gasteiger partial charge >= 0.3 is 0 Å². The largest absolute Gasteiger partial charge is 0.359 e. The molecule has 0 N–H and O–H groups in total. The maximum Gasteiger partial charge on any atom is 0.0943 e. The summed E-state index contributed by atoms with van der Waals surface area (Å²) in [6.45, 7) is 9.23. The van der Waals surface area contributed by atoms with Gasteiger partial charge in [-0.1, -0.05) is 153 Å². The number of hydrogen-bond acceptors (Lipinski definition) is 1. The molecule has 2 rings (SSSR count). The Hall–Kier alpha value is -1.60. The molecule has 0 saturated carbocycles. The number of benzene rings is 2. The van der Waals surface area contributed by atoms with Crippen LogP contribution in [0.4, 0.5) is 0 Å². The fourth-order valence-electron chi connectivity index (χ4n) is 5.25. The summed E-state index contributed by atoms with van der Waals surface area (Å²) in [6.07, 6.45) is 16.7. The van der Waals surface area contributed by atoms with E-state index in [2.05, 4.69) is 88.4 Å². The van der Waals surface area contributed by atoms with Crippen molar-refractivity contribution >= 4 is 0 Å². The van der Waals surface area contributed by atoms with Crippen molar-refractivity contribution in [1.82, 2.24) is 0 Å². The van der Waals surface area contributed by atoms with Crippen molar-refractivity contribution in [3.05, 3.63) is 71.8 Å². The zero-order chi connectivity index (χ0) is 23.8. The number of unbranched alkanes of at least 4 members (excludes halogenated alkanes) is 6. The van der Waals surface area contributed by atoms with Gasteiger partial charge in [0.05, 0.1) is 11.2 Å². The van der Waals surface area contributed by atoms with Crippen LogP contribution in [0.25, 0.3) is 0 Å². The van der Waals surface area contributed by atoms with Crippen molar-refractivity contribution in [2.75, 3.05) is 0 Å². The van der Waals surface area contributed by atoms with Gasteiger partial charge < -0.3 is 4.74 Å². The standard InChI is InChI=1S/C32H50O/c1-5-9-19-27-31(25-11-7-3,29-21-15-13-16-22-29)33-32(26-12-8-4,28-20-10-6-2)30-23-17-14-18-24-30/h13-18,21-24H,5-12,19-20,25-28H2,1-4H3. The second kappa shape index (κ2) is 15.3. The lowest BCUT2D eigenvalue weighted by molar-refractivity contribution is -0.187. The Morgan fingerprint density at radius 1 is 0.455 bits per heavy atom. The van der Waals surface area contributed by atoms with E-state index in [1.165, 1.54) is 75.3 Å². The van der Waals surface area contributed by atoms with Crippen LogP contribution in [0, 0.1) is 0 Å². The van der Waals surface area contributed by atoms with Crippen LogP contribution in [0.3, 0.4) is 0 Å². The van der Waals surface area contributed by atoms with Gasteiger partial charge in [-0.2, -0.15) is 0 Å². The molecule has 0 radical (unpaired) electrons. The molecule has 0 saturated heterocycles. The monoisotopic (exact) mass is 450 g/mol. The predicted octanol–water partition coefficient (Wildman–Crippen LogP) is 10.3. The molecule has 0 aliphatic heterocycles. The van der Waals surface area contributed by atoms with E-state index in [-0.39, 0.29) is 11.2 Å². The van der Waals surface area contributed by atoms with Crippen molar-refractivity contribution in [1.29, 1.82) is 0 Å². The summed E-state index contributed by atoms with van der Waals surface area (Å²) in [5.41, 5.74) is 2.31. The van der Waals surface area contributed by atoms with Gasteiger partial charge in [0.25, 0.3) is 0 Å². The molecule has 1 nitrogen and oxygen atoms in total. The highest BCUT2D eigenvalue weighted by Gasteiger charge is 2.43. The first-order valence-electron chi connectivity index (χ1n) is 14.0. The molecule has 0 aliphatic carbocycles. The smallest absolute Gasteiger partial charge is 0.0943 e. The van der Waals surface area contributed by atoms with Gasteiger partial charge in [-0.15, -0.1) is 0 Å². The molecule has 2 unspecified atom stereocenters. The number of ether oxygens (including phenoxy) is 1. The minimum atomic E-state index is -0.220. The van der Waals surface area contributed by atoms with Crippen molar-refractivity contribution in [2.45, 2.75) is 129 Å². The third-order valence-electron chi connectivity index (χ3n) is 7.23. The summed E-state index contributed by atoms with van der Waals surface area (Å²) in [6, 6.07) is 22.4. The van der Waals surface area contributed by atoms with E-state index in [0.717, 1.165) is 25.7 Å². The molecule has 0 aliphatic rings. The molecular formula is C32H50O. The normalized spacial score (nSPS) is 15.2. The van der Waals surface area contributed by atoms with Crippen LogP contribution in [-0.4, -0.2) is 0 Å². The lowest BCUT2D eigenvalue weighted by atomic mass is 9.79. The first-order chi connectivity index (χ1) is 16.2. The zero-order valence-corrected chi connectivity index (χ0v) is 22.1. The Balaban J connectivity index is 2.59. The van der Waals surface area contributed by atoms with Crippen LogP contribution in [-0.2, 0) is 15.9 Å². The third-order valence-corrected chi connectivity index (χ3v) is 7.23. The van der Waals surface area contributed by atoms with Crippen molar-refractivity contribution in [2.24, 2.45) is 0 Å². The Kier molecular flexibility index (Phi) is 12.8. The molecular weight excluding hydrogens is 400 g/mol. The van der Waals surface area contributed by atoms with E-state index in [1.807, 2.05) is 0 Å². The third kappa shape index (κ3) is 8.29. The minimum absolute atomic E-state index is 0.220. The molecule has 2 aromatic rings. The molecule has 0 fully saturated rings. The summed E-state index contributed by atoms with van der Waals surface area (Å²) in [7, 11) is 0. The fraction of sp³-hybridized carbons (Fsp3) is 0.625. The number of hydrogen-bond donors (Lipinski definition) is 0. The zero-order valence-electron chi connectivity index (χ0n) is 22.1. The summed E-state index contributed by atoms with van der Waals surface area (Å²) in [5.74, 6) is 0. The van der Waals surface area contributed by atoms with Crippen LogP contribution >= 0.6 is 0 Å². The van der Waals surface area contributed by atoms with Crippen LogP contribution in [0.2, 0.25) is 0 Å². The van der Waals surface area contributed by atoms with Crippen LogP contribution in [0.15, 0.2) is 60.7 Å². The molecule has 33 heavy (non-hydrogen) atoms. The van der Waals surface area contributed by atoms with Crippen LogP contribution < -0.4 is 0 Å². The molecule has 184 valence electrons. The summed E-state index contributed by atoms with van der Waals surface area (Å²) in [5, 5.41) is 0. The van der Waals surface area contributed by atoms with Gasteiger partial charge in [-0.05, 0) is 36.8 Å². The summed E-state index contributed by atoms with van der Waals surface area (Å²) < 4.78 is 7.70. The highest BCUT2D eigenvalue weighted by Crippen LogP contribution is 2.47. The quantitative estimate of drug-likeness (QED) is 0.205. The average Bonchev–Trinajstić information content (AvgIpc) is 2.87. The van der Waals surface area contributed by atoms with E-state index in [0.29, 0.717) is 0 Å². The van der Waals surface area contributed by atoms with Gasteiger partial charge in [0.1, 0.15) is 0 Å². The van der Waals surface area contributed by atoms with Crippen LogP contribution in [0.1, 0.15) is 129 Å². The molecule has 0 bridgehead atoms. The molecule has 0 spiro atoms. The first kappa shape index (κ1) is 27.6. The molecule has 1 heteroatoms. The average molecular weight is 451 g/mol. The second-order valence-corrected chi connectivity index (χ2v) is 9.94. The topological polar surface area (TPSA) is 9.23 Å².